The Morgan fingerprint density at radius 2 is 1.97 bits per heavy atom. The predicted octanol–water partition coefficient (Wildman–Crippen LogP) is 3.69. The van der Waals surface area contributed by atoms with Crippen LogP contribution < -0.4 is 5.32 Å². The van der Waals surface area contributed by atoms with Crippen LogP contribution in [0.1, 0.15) is 24.1 Å². The number of likely N-dealkylation sites (tertiary alicyclic amines) is 1. The molecule has 0 spiro atoms. The summed E-state index contributed by atoms with van der Waals surface area (Å²) in [6.45, 7) is 4.25. The molecule has 1 unspecified atom stereocenters. The number of hydrogen-bond acceptors (Lipinski definition) is 2. The number of carbonyl (C=O) groups excluding carboxylic acids is 2. The lowest BCUT2D eigenvalue weighted by atomic mass is 9.96. The molecule has 6 heteroatoms. The van der Waals surface area contributed by atoms with Crippen LogP contribution in [0.15, 0.2) is 54.6 Å². The summed E-state index contributed by atoms with van der Waals surface area (Å²) in [6, 6.07) is 16.8. The SMILES string of the molecule is Cc1cc2ccccc2n1CCNC(=O)C1CCC(=O)N(CCc2cccc(F)c2)C1. The quantitative estimate of drug-likeness (QED) is 0.633. The fraction of sp³-hybridized carbons (Fsp3) is 0.360. The van der Waals surface area contributed by atoms with Crippen molar-refractivity contribution in [1.82, 2.24) is 14.8 Å². The first-order valence-corrected chi connectivity index (χ1v) is 10.9. The summed E-state index contributed by atoms with van der Waals surface area (Å²) in [7, 11) is 0. The smallest absolute Gasteiger partial charge is 0.224 e. The van der Waals surface area contributed by atoms with E-state index in [-0.39, 0.29) is 23.5 Å². The molecule has 1 saturated heterocycles. The summed E-state index contributed by atoms with van der Waals surface area (Å²) in [6.07, 6.45) is 1.53. The average molecular weight is 422 g/mol. The maximum atomic E-state index is 13.4. The summed E-state index contributed by atoms with van der Waals surface area (Å²) >= 11 is 0. The van der Waals surface area contributed by atoms with Gasteiger partial charge in [-0.2, -0.15) is 0 Å². The average Bonchev–Trinajstić information content (AvgIpc) is 3.08. The normalized spacial score (nSPS) is 16.6. The molecule has 5 nitrogen and oxygen atoms in total. The van der Waals surface area contributed by atoms with Gasteiger partial charge in [0.1, 0.15) is 5.82 Å². The van der Waals surface area contributed by atoms with Crippen molar-refractivity contribution >= 4 is 22.7 Å². The molecule has 2 heterocycles. The molecular weight excluding hydrogens is 393 g/mol. The number of piperidine rings is 1. The van der Waals surface area contributed by atoms with Crippen LogP contribution in [-0.2, 0) is 22.6 Å². The number of aryl methyl sites for hydroxylation is 1. The molecule has 1 N–H and O–H groups in total. The number of rotatable bonds is 7. The van der Waals surface area contributed by atoms with Gasteiger partial charge in [-0.15, -0.1) is 0 Å². The number of nitrogens with zero attached hydrogens (tertiary/aromatic N) is 2. The van der Waals surface area contributed by atoms with Crippen molar-refractivity contribution in [3.8, 4) is 0 Å². The fourth-order valence-electron chi connectivity index (χ4n) is 4.38. The van der Waals surface area contributed by atoms with Gasteiger partial charge in [-0.05, 0) is 55.0 Å². The third kappa shape index (κ3) is 4.95. The molecular formula is C25H28FN3O2. The highest BCUT2D eigenvalue weighted by molar-refractivity contribution is 5.84. The topological polar surface area (TPSA) is 54.3 Å². The standard InChI is InChI=1S/C25H28FN3O2/c1-18-15-20-6-2-3-8-23(20)29(18)14-12-27-25(31)21-9-10-24(30)28(17-21)13-11-19-5-4-7-22(26)16-19/h2-8,15-16,21H,9-14,17H2,1H3,(H,27,31). The summed E-state index contributed by atoms with van der Waals surface area (Å²) in [4.78, 5) is 26.8. The van der Waals surface area contributed by atoms with Crippen LogP contribution in [0.5, 0.6) is 0 Å². The molecule has 0 saturated carbocycles. The largest absolute Gasteiger partial charge is 0.354 e. The van der Waals surface area contributed by atoms with Crippen LogP contribution in [0.4, 0.5) is 4.39 Å². The van der Waals surface area contributed by atoms with Gasteiger partial charge in [0.15, 0.2) is 0 Å². The Morgan fingerprint density at radius 3 is 2.81 bits per heavy atom. The lowest BCUT2D eigenvalue weighted by Gasteiger charge is -2.32. The van der Waals surface area contributed by atoms with E-state index in [2.05, 4.69) is 35.0 Å². The van der Waals surface area contributed by atoms with E-state index in [4.69, 9.17) is 0 Å². The van der Waals surface area contributed by atoms with Crippen molar-refractivity contribution in [1.29, 1.82) is 0 Å². The molecule has 0 bridgehead atoms. The molecule has 2 amide bonds. The highest BCUT2D eigenvalue weighted by Gasteiger charge is 2.29. The summed E-state index contributed by atoms with van der Waals surface area (Å²) in [5.74, 6) is -0.412. The number of hydrogen-bond donors (Lipinski definition) is 1. The highest BCUT2D eigenvalue weighted by Crippen LogP contribution is 2.20. The number of para-hydroxylation sites is 1. The number of fused-ring (bicyclic) bond motifs is 1. The first kappa shape index (κ1) is 21.1. The maximum absolute atomic E-state index is 13.4. The molecule has 4 rings (SSSR count). The van der Waals surface area contributed by atoms with Crippen molar-refractivity contribution < 1.29 is 14.0 Å². The third-order valence-electron chi connectivity index (χ3n) is 6.08. The Labute approximate surface area is 181 Å². The number of nitrogens with one attached hydrogen (secondary N) is 1. The van der Waals surface area contributed by atoms with Gasteiger partial charge >= 0.3 is 0 Å². The van der Waals surface area contributed by atoms with E-state index in [0.29, 0.717) is 45.4 Å². The summed E-state index contributed by atoms with van der Waals surface area (Å²) in [5.41, 5.74) is 3.19. The van der Waals surface area contributed by atoms with Gasteiger partial charge in [0.2, 0.25) is 11.8 Å². The van der Waals surface area contributed by atoms with Crippen LogP contribution >= 0.6 is 0 Å². The van der Waals surface area contributed by atoms with Gasteiger partial charge in [-0.25, -0.2) is 4.39 Å². The van der Waals surface area contributed by atoms with Gasteiger partial charge in [-0.1, -0.05) is 30.3 Å². The molecule has 0 radical (unpaired) electrons. The summed E-state index contributed by atoms with van der Waals surface area (Å²) < 4.78 is 15.6. The molecule has 3 aromatic rings. The highest BCUT2D eigenvalue weighted by atomic mass is 19.1. The van der Waals surface area contributed by atoms with E-state index in [9.17, 15) is 14.0 Å². The molecule has 0 aliphatic carbocycles. The van der Waals surface area contributed by atoms with Crippen molar-refractivity contribution in [2.75, 3.05) is 19.6 Å². The fourth-order valence-corrected chi connectivity index (χ4v) is 4.38. The van der Waals surface area contributed by atoms with Crippen LogP contribution in [0.25, 0.3) is 10.9 Å². The number of aromatic nitrogens is 1. The van der Waals surface area contributed by atoms with Gasteiger partial charge in [0.05, 0.1) is 5.92 Å². The van der Waals surface area contributed by atoms with E-state index >= 15 is 0 Å². The Hall–Kier alpha value is -3.15. The van der Waals surface area contributed by atoms with Crippen molar-refractivity contribution in [3.63, 3.8) is 0 Å². The Morgan fingerprint density at radius 1 is 1.13 bits per heavy atom. The van der Waals surface area contributed by atoms with Crippen LogP contribution in [-0.4, -0.2) is 40.9 Å². The minimum atomic E-state index is -0.273. The zero-order valence-electron chi connectivity index (χ0n) is 17.8. The van der Waals surface area contributed by atoms with Gasteiger partial charge < -0.3 is 14.8 Å². The van der Waals surface area contributed by atoms with Gasteiger partial charge in [-0.3, -0.25) is 9.59 Å². The molecule has 1 aromatic heterocycles. The zero-order valence-corrected chi connectivity index (χ0v) is 17.8. The Balaban J connectivity index is 1.30. The van der Waals surface area contributed by atoms with Crippen LogP contribution in [0, 0.1) is 18.7 Å². The van der Waals surface area contributed by atoms with Crippen molar-refractivity contribution in [3.05, 3.63) is 71.7 Å². The number of benzene rings is 2. The number of halogens is 1. The molecule has 1 fully saturated rings. The minimum Gasteiger partial charge on any atom is -0.354 e. The van der Waals surface area contributed by atoms with E-state index < -0.39 is 0 Å². The monoisotopic (exact) mass is 421 g/mol. The van der Waals surface area contributed by atoms with Crippen molar-refractivity contribution in [2.24, 2.45) is 5.92 Å². The van der Waals surface area contributed by atoms with Gasteiger partial charge in [0, 0.05) is 43.8 Å². The van der Waals surface area contributed by atoms with Gasteiger partial charge in [0.25, 0.3) is 0 Å². The molecule has 31 heavy (non-hydrogen) atoms. The van der Waals surface area contributed by atoms with E-state index in [0.717, 1.165) is 5.56 Å². The van der Waals surface area contributed by atoms with E-state index in [1.54, 1.807) is 11.0 Å². The second-order valence-corrected chi connectivity index (χ2v) is 8.24. The molecule has 1 atom stereocenters. The second kappa shape index (κ2) is 9.33. The first-order chi connectivity index (χ1) is 15.0. The molecule has 1 aliphatic rings. The lowest BCUT2D eigenvalue weighted by Crippen LogP contribution is -2.46. The lowest BCUT2D eigenvalue weighted by molar-refractivity contribution is -0.138. The van der Waals surface area contributed by atoms with E-state index in [1.165, 1.54) is 28.7 Å². The maximum Gasteiger partial charge on any atom is 0.224 e. The minimum absolute atomic E-state index is 0.00243. The van der Waals surface area contributed by atoms with E-state index in [1.807, 2.05) is 18.2 Å². The van der Waals surface area contributed by atoms with Crippen LogP contribution in [0.3, 0.4) is 0 Å². The summed E-state index contributed by atoms with van der Waals surface area (Å²) in [5, 5.41) is 4.25. The third-order valence-corrected chi connectivity index (χ3v) is 6.08. The van der Waals surface area contributed by atoms with Crippen molar-refractivity contribution in [2.45, 2.75) is 32.7 Å². The Bertz CT molecular complexity index is 1090. The predicted molar refractivity (Wildman–Crippen MR) is 119 cm³/mol. The number of carbonyl (C=O) groups is 2. The zero-order chi connectivity index (χ0) is 21.8. The Kier molecular flexibility index (Phi) is 6.35. The number of amides is 2. The molecule has 1 aliphatic heterocycles. The first-order valence-electron chi connectivity index (χ1n) is 10.9. The second-order valence-electron chi connectivity index (χ2n) is 8.24. The molecule has 2 aromatic carbocycles. The molecule has 162 valence electrons. The van der Waals surface area contributed by atoms with Crippen LogP contribution in [0.2, 0.25) is 0 Å².